The maximum absolute atomic E-state index is 12.3. The molecule has 0 spiro atoms. The molecule has 0 saturated carbocycles. The first kappa shape index (κ1) is 14.6. The largest absolute Gasteiger partial charge is 0.383 e. The minimum Gasteiger partial charge on any atom is -0.383 e. The number of aryl methyl sites for hydroxylation is 1. The summed E-state index contributed by atoms with van der Waals surface area (Å²) in [5, 5.41) is 12.5. The number of hydrogen-bond donors (Lipinski definition) is 0. The normalized spacial score (nSPS) is 11.7. The van der Waals surface area contributed by atoms with E-state index in [9.17, 15) is 8.42 Å². The molecular weight excluding hydrogens is 256 g/mol. The minimum atomic E-state index is -3.63. The third kappa shape index (κ3) is 3.29. The van der Waals surface area contributed by atoms with Gasteiger partial charge in [0, 0.05) is 33.7 Å². The standard InChI is InChI=1S/C10H16N4O3S/c1-13-10(4-6-12-13)18(15,16)14(7-3-5-11)8-9-17-2/h4,6H,3,7-9H2,1-2H3. The van der Waals surface area contributed by atoms with Gasteiger partial charge in [0.05, 0.1) is 18.9 Å². The van der Waals surface area contributed by atoms with Gasteiger partial charge in [0.2, 0.25) is 0 Å². The van der Waals surface area contributed by atoms with Crippen LogP contribution in [0.5, 0.6) is 0 Å². The highest BCUT2D eigenvalue weighted by molar-refractivity contribution is 7.89. The molecule has 0 saturated heterocycles. The van der Waals surface area contributed by atoms with E-state index in [1.54, 1.807) is 7.05 Å². The number of sulfonamides is 1. The second-order valence-electron chi connectivity index (χ2n) is 3.60. The van der Waals surface area contributed by atoms with Gasteiger partial charge in [0.25, 0.3) is 10.0 Å². The van der Waals surface area contributed by atoms with Crippen LogP contribution in [0.1, 0.15) is 6.42 Å². The number of nitrogens with zero attached hydrogens (tertiary/aromatic N) is 4. The second kappa shape index (κ2) is 6.49. The fourth-order valence-corrected chi connectivity index (χ4v) is 2.99. The fraction of sp³-hybridized carbons (Fsp3) is 0.600. The molecule has 0 bridgehead atoms. The highest BCUT2D eigenvalue weighted by Gasteiger charge is 2.26. The zero-order valence-electron chi connectivity index (χ0n) is 10.4. The molecule has 0 aromatic carbocycles. The van der Waals surface area contributed by atoms with Crippen molar-refractivity contribution in [2.45, 2.75) is 11.4 Å². The maximum atomic E-state index is 12.3. The Kier molecular flexibility index (Phi) is 5.27. The Morgan fingerprint density at radius 3 is 2.78 bits per heavy atom. The van der Waals surface area contributed by atoms with E-state index in [0.29, 0.717) is 0 Å². The second-order valence-corrected chi connectivity index (χ2v) is 5.48. The third-order valence-electron chi connectivity index (χ3n) is 2.40. The van der Waals surface area contributed by atoms with Gasteiger partial charge in [-0.2, -0.15) is 14.7 Å². The third-order valence-corrected chi connectivity index (χ3v) is 4.37. The molecule has 0 aliphatic rings. The quantitative estimate of drug-likeness (QED) is 0.695. The van der Waals surface area contributed by atoms with E-state index in [-0.39, 0.29) is 31.1 Å². The molecule has 7 nitrogen and oxygen atoms in total. The van der Waals surface area contributed by atoms with Gasteiger partial charge < -0.3 is 4.74 Å². The predicted molar refractivity (Wildman–Crippen MR) is 64.1 cm³/mol. The smallest absolute Gasteiger partial charge is 0.260 e. The van der Waals surface area contributed by atoms with Gasteiger partial charge in [-0.05, 0) is 6.07 Å². The number of rotatable bonds is 7. The monoisotopic (exact) mass is 272 g/mol. The van der Waals surface area contributed by atoms with Crippen molar-refractivity contribution < 1.29 is 13.2 Å². The molecule has 0 fully saturated rings. The van der Waals surface area contributed by atoms with Crippen LogP contribution in [-0.2, 0) is 21.8 Å². The van der Waals surface area contributed by atoms with E-state index in [2.05, 4.69) is 5.10 Å². The summed E-state index contributed by atoms with van der Waals surface area (Å²) >= 11 is 0. The molecule has 0 aliphatic carbocycles. The van der Waals surface area contributed by atoms with Crippen LogP contribution in [0.25, 0.3) is 0 Å². The Morgan fingerprint density at radius 1 is 1.56 bits per heavy atom. The van der Waals surface area contributed by atoms with Crippen molar-refractivity contribution in [1.29, 1.82) is 5.26 Å². The Labute approximate surface area is 107 Å². The zero-order valence-corrected chi connectivity index (χ0v) is 11.2. The molecule has 0 N–H and O–H groups in total. The Balaban J connectivity index is 2.96. The van der Waals surface area contributed by atoms with Crippen LogP contribution in [-0.4, -0.2) is 49.3 Å². The summed E-state index contributed by atoms with van der Waals surface area (Å²) in [4.78, 5) is 0. The number of ether oxygens (including phenoxy) is 1. The molecule has 100 valence electrons. The first-order valence-corrected chi connectivity index (χ1v) is 6.82. The molecule has 0 radical (unpaired) electrons. The van der Waals surface area contributed by atoms with Gasteiger partial charge in [-0.1, -0.05) is 0 Å². The molecule has 0 aliphatic heterocycles. The minimum absolute atomic E-state index is 0.108. The first-order chi connectivity index (χ1) is 8.54. The summed E-state index contributed by atoms with van der Waals surface area (Å²) in [5.74, 6) is 0. The average Bonchev–Trinajstić information content (AvgIpc) is 2.76. The Hall–Kier alpha value is -1.43. The topological polar surface area (TPSA) is 88.2 Å². The zero-order chi connectivity index (χ0) is 13.6. The number of aromatic nitrogens is 2. The predicted octanol–water partition coefficient (Wildman–Crippen LogP) is -0.0291. The highest BCUT2D eigenvalue weighted by Crippen LogP contribution is 2.14. The van der Waals surface area contributed by atoms with Gasteiger partial charge in [-0.25, -0.2) is 8.42 Å². The molecule has 1 heterocycles. The van der Waals surface area contributed by atoms with Gasteiger partial charge in [-0.3, -0.25) is 4.68 Å². The molecule has 1 aromatic rings. The van der Waals surface area contributed by atoms with E-state index in [1.807, 2.05) is 6.07 Å². The van der Waals surface area contributed by atoms with E-state index < -0.39 is 10.0 Å². The first-order valence-electron chi connectivity index (χ1n) is 5.38. The van der Waals surface area contributed by atoms with E-state index in [1.165, 1.54) is 28.4 Å². The van der Waals surface area contributed by atoms with Crippen molar-refractivity contribution in [2.75, 3.05) is 26.8 Å². The number of hydrogen-bond acceptors (Lipinski definition) is 5. The number of nitriles is 1. The summed E-state index contributed by atoms with van der Waals surface area (Å²) < 4.78 is 32.1. The number of methoxy groups -OCH3 is 1. The van der Waals surface area contributed by atoms with Crippen molar-refractivity contribution in [3.8, 4) is 6.07 Å². The maximum Gasteiger partial charge on any atom is 0.260 e. The average molecular weight is 272 g/mol. The van der Waals surface area contributed by atoms with E-state index >= 15 is 0 Å². The van der Waals surface area contributed by atoms with Crippen LogP contribution in [0, 0.1) is 11.3 Å². The summed E-state index contributed by atoms with van der Waals surface area (Å²) in [5.41, 5.74) is 0. The van der Waals surface area contributed by atoms with Gasteiger partial charge in [-0.15, -0.1) is 0 Å². The van der Waals surface area contributed by atoms with Gasteiger partial charge in [0.15, 0.2) is 5.03 Å². The van der Waals surface area contributed by atoms with Gasteiger partial charge in [0.1, 0.15) is 0 Å². The lowest BCUT2D eigenvalue weighted by atomic mass is 10.4. The molecule has 0 unspecified atom stereocenters. The lowest BCUT2D eigenvalue weighted by Gasteiger charge is -2.20. The van der Waals surface area contributed by atoms with Crippen LogP contribution in [0.2, 0.25) is 0 Å². The molecular formula is C10H16N4O3S. The lowest BCUT2D eigenvalue weighted by molar-refractivity contribution is 0.179. The fourth-order valence-electron chi connectivity index (χ4n) is 1.47. The molecule has 18 heavy (non-hydrogen) atoms. The Morgan fingerprint density at radius 2 is 2.28 bits per heavy atom. The summed E-state index contributed by atoms with van der Waals surface area (Å²) in [7, 11) is -0.570. The van der Waals surface area contributed by atoms with E-state index in [0.717, 1.165) is 0 Å². The van der Waals surface area contributed by atoms with Crippen LogP contribution < -0.4 is 0 Å². The molecule has 1 aromatic heterocycles. The van der Waals surface area contributed by atoms with Crippen LogP contribution in [0.3, 0.4) is 0 Å². The van der Waals surface area contributed by atoms with E-state index in [4.69, 9.17) is 10.00 Å². The highest BCUT2D eigenvalue weighted by atomic mass is 32.2. The van der Waals surface area contributed by atoms with Crippen LogP contribution in [0.15, 0.2) is 17.3 Å². The molecule has 0 atom stereocenters. The van der Waals surface area contributed by atoms with Crippen molar-refractivity contribution >= 4 is 10.0 Å². The van der Waals surface area contributed by atoms with Crippen molar-refractivity contribution in [2.24, 2.45) is 7.05 Å². The van der Waals surface area contributed by atoms with Crippen LogP contribution >= 0.6 is 0 Å². The van der Waals surface area contributed by atoms with Crippen molar-refractivity contribution in [3.05, 3.63) is 12.3 Å². The summed E-state index contributed by atoms with van der Waals surface area (Å²) in [6.45, 7) is 0.640. The molecule has 1 rings (SSSR count). The SMILES string of the molecule is COCCN(CCC#N)S(=O)(=O)c1ccnn1C. The lowest BCUT2D eigenvalue weighted by Crippen LogP contribution is -2.35. The van der Waals surface area contributed by atoms with Gasteiger partial charge >= 0.3 is 0 Å². The molecule has 8 heteroatoms. The van der Waals surface area contributed by atoms with Crippen molar-refractivity contribution in [1.82, 2.24) is 14.1 Å². The Bertz CT molecular complexity index is 517. The summed E-state index contributed by atoms with van der Waals surface area (Å²) in [6, 6.07) is 3.37. The molecule has 0 amide bonds. The van der Waals surface area contributed by atoms with Crippen LogP contribution in [0.4, 0.5) is 0 Å². The summed E-state index contributed by atoms with van der Waals surface area (Å²) in [6.07, 6.45) is 1.56. The van der Waals surface area contributed by atoms with Crippen molar-refractivity contribution in [3.63, 3.8) is 0 Å².